The number of thiazole rings is 1. The van der Waals surface area contributed by atoms with Gasteiger partial charge in [-0.25, -0.2) is 9.78 Å². The smallest absolute Gasteiger partial charge is 0.343 e. The van der Waals surface area contributed by atoms with Crippen molar-refractivity contribution in [1.29, 1.82) is 0 Å². The summed E-state index contributed by atoms with van der Waals surface area (Å²) >= 11 is 1.57. The molecule has 0 aliphatic heterocycles. The average molecular weight is 376 g/mol. The number of fused-ring (bicyclic) bond motifs is 1. The molecule has 2 aromatic carbocycles. The first kappa shape index (κ1) is 17.2. The van der Waals surface area contributed by atoms with Crippen LogP contribution in [0.1, 0.15) is 17.3 Å². The lowest BCUT2D eigenvalue weighted by Gasteiger charge is -2.05. The maximum absolute atomic E-state index is 12.5. The summed E-state index contributed by atoms with van der Waals surface area (Å²) in [7, 11) is 0. The Morgan fingerprint density at radius 2 is 1.96 bits per heavy atom. The van der Waals surface area contributed by atoms with Crippen molar-refractivity contribution >= 4 is 28.2 Å². The number of pyridine rings is 1. The summed E-state index contributed by atoms with van der Waals surface area (Å²) < 4.78 is 4.93. The summed E-state index contributed by atoms with van der Waals surface area (Å²) in [5.41, 5.74) is 3.15. The highest BCUT2D eigenvalue weighted by molar-refractivity contribution is 7.13. The van der Waals surface area contributed by atoms with E-state index in [-0.39, 0.29) is 17.6 Å². The van der Waals surface area contributed by atoms with Gasteiger partial charge in [0.2, 0.25) is 5.43 Å². The van der Waals surface area contributed by atoms with E-state index in [2.05, 4.69) is 4.98 Å². The molecule has 0 fully saturated rings. The van der Waals surface area contributed by atoms with Crippen LogP contribution in [0.3, 0.4) is 0 Å². The second-order valence-electron chi connectivity index (χ2n) is 5.92. The average Bonchev–Trinajstić information content (AvgIpc) is 3.19. The predicted molar refractivity (Wildman–Crippen MR) is 107 cm³/mol. The molecule has 0 saturated carbocycles. The number of nitrogens with one attached hydrogen (secondary N) is 1. The van der Waals surface area contributed by atoms with Crippen LogP contribution in [0.15, 0.2) is 64.9 Å². The van der Waals surface area contributed by atoms with Crippen LogP contribution in [0, 0.1) is 0 Å². The van der Waals surface area contributed by atoms with Crippen LogP contribution >= 0.6 is 11.3 Å². The van der Waals surface area contributed by atoms with E-state index in [1.165, 1.54) is 6.20 Å². The van der Waals surface area contributed by atoms with E-state index >= 15 is 0 Å². The van der Waals surface area contributed by atoms with E-state index in [0.717, 1.165) is 21.8 Å². The molecule has 0 saturated heterocycles. The molecule has 0 radical (unpaired) electrons. The minimum Gasteiger partial charge on any atom is -0.462 e. The second kappa shape index (κ2) is 7.17. The summed E-state index contributed by atoms with van der Waals surface area (Å²) in [6.45, 7) is 1.93. The van der Waals surface area contributed by atoms with Gasteiger partial charge in [-0.3, -0.25) is 4.79 Å². The quantitative estimate of drug-likeness (QED) is 0.533. The highest BCUT2D eigenvalue weighted by atomic mass is 32.1. The number of hydrogen-bond acceptors (Lipinski definition) is 5. The van der Waals surface area contributed by atoms with Gasteiger partial charge in [0.05, 0.1) is 12.3 Å². The molecule has 2 heterocycles. The van der Waals surface area contributed by atoms with E-state index < -0.39 is 5.97 Å². The summed E-state index contributed by atoms with van der Waals surface area (Å²) in [4.78, 5) is 32.2. The second-order valence-corrected chi connectivity index (χ2v) is 6.77. The highest BCUT2D eigenvalue weighted by Crippen LogP contribution is 2.29. The van der Waals surface area contributed by atoms with Crippen molar-refractivity contribution < 1.29 is 9.53 Å². The largest absolute Gasteiger partial charge is 0.462 e. The Morgan fingerprint density at radius 3 is 2.74 bits per heavy atom. The van der Waals surface area contributed by atoms with Gasteiger partial charge in [-0.1, -0.05) is 36.4 Å². The molecule has 6 heteroatoms. The Labute approximate surface area is 159 Å². The minimum atomic E-state index is -0.614. The molecule has 134 valence electrons. The minimum absolute atomic E-state index is 0.0112. The van der Waals surface area contributed by atoms with Crippen molar-refractivity contribution in [3.05, 3.63) is 75.9 Å². The van der Waals surface area contributed by atoms with Gasteiger partial charge in [-0.15, -0.1) is 11.3 Å². The molecule has 0 aliphatic carbocycles. The Hall–Kier alpha value is -3.25. The number of esters is 1. The molecule has 27 heavy (non-hydrogen) atoms. The Bertz CT molecular complexity index is 1180. The molecule has 4 aromatic rings. The van der Waals surface area contributed by atoms with Crippen LogP contribution in [0.2, 0.25) is 0 Å². The standard InChI is InChI=1S/C21H16N2O3S/c1-2-26-21(25)16-11-22-17-10-14(8-9-15(17)19(16)24)18-12-27-20(23-18)13-6-4-3-5-7-13/h3-12H,2H2,1H3,(H,22,24). The van der Waals surface area contributed by atoms with Crippen LogP contribution in [0.4, 0.5) is 0 Å². The third-order valence-electron chi connectivity index (χ3n) is 4.20. The summed E-state index contributed by atoms with van der Waals surface area (Å²) in [6, 6.07) is 15.4. The van der Waals surface area contributed by atoms with Crippen LogP contribution in [0.5, 0.6) is 0 Å². The lowest BCUT2D eigenvalue weighted by Crippen LogP contribution is -2.18. The number of carbonyl (C=O) groups excluding carboxylic acids is 1. The van der Waals surface area contributed by atoms with Gasteiger partial charge in [-0.05, 0) is 19.1 Å². The fraction of sp³-hybridized carbons (Fsp3) is 0.0952. The molecule has 0 atom stereocenters. The van der Waals surface area contributed by atoms with Crippen molar-refractivity contribution in [2.75, 3.05) is 6.61 Å². The van der Waals surface area contributed by atoms with Crippen molar-refractivity contribution in [2.24, 2.45) is 0 Å². The molecular formula is C21H16N2O3S. The number of carbonyl (C=O) groups is 1. The number of hydrogen-bond donors (Lipinski definition) is 1. The Balaban J connectivity index is 1.72. The molecule has 0 aliphatic rings. The SMILES string of the molecule is CCOC(=O)c1c[nH]c2cc(-c3csc(-c4ccccc4)n3)ccc2c1=O. The van der Waals surface area contributed by atoms with E-state index in [1.54, 1.807) is 24.3 Å². The van der Waals surface area contributed by atoms with Crippen molar-refractivity contribution in [1.82, 2.24) is 9.97 Å². The fourth-order valence-corrected chi connectivity index (χ4v) is 3.70. The van der Waals surface area contributed by atoms with Crippen LogP contribution in [0.25, 0.3) is 32.7 Å². The van der Waals surface area contributed by atoms with Gasteiger partial charge in [-0.2, -0.15) is 0 Å². The summed E-state index contributed by atoms with van der Waals surface area (Å²) in [6.07, 6.45) is 1.41. The number of H-pyrrole nitrogens is 1. The molecular weight excluding hydrogens is 360 g/mol. The molecule has 4 rings (SSSR count). The molecule has 0 amide bonds. The third-order valence-corrected chi connectivity index (χ3v) is 5.09. The monoisotopic (exact) mass is 376 g/mol. The van der Waals surface area contributed by atoms with E-state index in [9.17, 15) is 9.59 Å². The van der Waals surface area contributed by atoms with Crippen molar-refractivity contribution in [2.45, 2.75) is 6.92 Å². The van der Waals surface area contributed by atoms with Gasteiger partial charge in [0.1, 0.15) is 10.6 Å². The number of aromatic nitrogens is 2. The zero-order valence-corrected chi connectivity index (χ0v) is 15.4. The normalized spacial score (nSPS) is 10.9. The molecule has 2 aromatic heterocycles. The maximum Gasteiger partial charge on any atom is 0.343 e. The summed E-state index contributed by atoms with van der Waals surface area (Å²) in [5, 5.41) is 3.38. The fourth-order valence-electron chi connectivity index (χ4n) is 2.86. The Kier molecular flexibility index (Phi) is 4.56. The molecule has 1 N–H and O–H groups in total. The number of benzene rings is 2. The number of rotatable bonds is 4. The predicted octanol–water partition coefficient (Wildman–Crippen LogP) is 4.50. The molecule has 5 nitrogen and oxygen atoms in total. The first-order valence-electron chi connectivity index (χ1n) is 8.51. The lowest BCUT2D eigenvalue weighted by atomic mass is 10.1. The topological polar surface area (TPSA) is 72.1 Å². The van der Waals surface area contributed by atoms with Gasteiger partial charge < -0.3 is 9.72 Å². The Morgan fingerprint density at radius 1 is 1.15 bits per heavy atom. The van der Waals surface area contributed by atoms with Crippen LogP contribution in [-0.2, 0) is 4.74 Å². The lowest BCUT2D eigenvalue weighted by molar-refractivity contribution is 0.0524. The number of aromatic amines is 1. The van der Waals surface area contributed by atoms with E-state index in [1.807, 2.05) is 47.8 Å². The molecule has 0 unspecified atom stereocenters. The van der Waals surface area contributed by atoms with E-state index in [0.29, 0.717) is 10.9 Å². The van der Waals surface area contributed by atoms with Crippen molar-refractivity contribution in [3.63, 3.8) is 0 Å². The third kappa shape index (κ3) is 3.27. The zero-order chi connectivity index (χ0) is 18.8. The van der Waals surface area contributed by atoms with E-state index in [4.69, 9.17) is 9.72 Å². The van der Waals surface area contributed by atoms with Crippen LogP contribution < -0.4 is 5.43 Å². The van der Waals surface area contributed by atoms with Gasteiger partial charge in [0.15, 0.2) is 0 Å². The van der Waals surface area contributed by atoms with Gasteiger partial charge in [0.25, 0.3) is 0 Å². The first-order valence-corrected chi connectivity index (χ1v) is 9.39. The number of nitrogens with zero attached hydrogens (tertiary/aromatic N) is 1. The molecule has 0 bridgehead atoms. The van der Waals surface area contributed by atoms with Crippen molar-refractivity contribution in [3.8, 4) is 21.8 Å². The first-order chi connectivity index (χ1) is 13.2. The summed E-state index contributed by atoms with van der Waals surface area (Å²) in [5.74, 6) is -0.614. The van der Waals surface area contributed by atoms with Gasteiger partial charge in [0, 0.05) is 33.6 Å². The maximum atomic E-state index is 12.5. The van der Waals surface area contributed by atoms with Gasteiger partial charge >= 0.3 is 5.97 Å². The zero-order valence-electron chi connectivity index (χ0n) is 14.6. The molecule has 0 spiro atoms. The highest BCUT2D eigenvalue weighted by Gasteiger charge is 2.15. The number of ether oxygens (including phenoxy) is 1. The van der Waals surface area contributed by atoms with Crippen LogP contribution in [-0.4, -0.2) is 22.5 Å².